The molecule has 0 radical (unpaired) electrons. The zero-order valence-corrected chi connectivity index (χ0v) is 17.1. The van der Waals surface area contributed by atoms with Crippen molar-refractivity contribution >= 4 is 51.8 Å². The maximum atomic E-state index is 12.7. The topological polar surface area (TPSA) is 136 Å². The van der Waals surface area contributed by atoms with Gasteiger partial charge in [-0.05, 0) is 25.8 Å². The normalized spacial score (nSPS) is 19.9. The minimum Gasteiger partial charge on any atom is -0.345 e. The van der Waals surface area contributed by atoms with Crippen molar-refractivity contribution in [3.05, 3.63) is 35.9 Å². The molecule has 3 amide bonds. The summed E-state index contributed by atoms with van der Waals surface area (Å²) in [5.74, 6) is -2.47. The first-order valence-electron chi connectivity index (χ1n) is 8.61. The van der Waals surface area contributed by atoms with Crippen molar-refractivity contribution in [3.63, 3.8) is 0 Å². The summed E-state index contributed by atoms with van der Waals surface area (Å²) >= 11 is 5.93. The third-order valence-electron chi connectivity index (χ3n) is 4.14. The summed E-state index contributed by atoms with van der Waals surface area (Å²) in [5, 5.41) is 1.24. The molecule has 0 aromatic heterocycles. The van der Waals surface area contributed by atoms with Gasteiger partial charge in [-0.15, -0.1) is 0 Å². The van der Waals surface area contributed by atoms with E-state index in [1.165, 1.54) is 13.8 Å². The molecule has 1 aliphatic heterocycles. The molecule has 150 valence electrons. The van der Waals surface area contributed by atoms with Gasteiger partial charge in [-0.3, -0.25) is 19.2 Å². The number of hydrogen-bond acceptors (Lipinski definition) is 8. The van der Waals surface area contributed by atoms with Crippen LogP contribution in [0, 0.1) is 0 Å². The predicted molar refractivity (Wildman–Crippen MR) is 110 cm³/mol. The predicted octanol–water partition coefficient (Wildman–Crippen LogP) is -0.267. The van der Waals surface area contributed by atoms with Gasteiger partial charge >= 0.3 is 0 Å². The Balaban J connectivity index is 2.06. The molecule has 1 aromatic rings. The van der Waals surface area contributed by atoms with E-state index in [-0.39, 0.29) is 10.7 Å². The quantitative estimate of drug-likeness (QED) is 0.404. The molecular weight excluding hydrogens is 400 g/mol. The van der Waals surface area contributed by atoms with Gasteiger partial charge in [-0.25, -0.2) is 4.90 Å². The van der Waals surface area contributed by atoms with E-state index in [9.17, 15) is 19.2 Å². The number of carbonyl (C=O) groups is 4. The third kappa shape index (κ3) is 5.02. The number of amides is 3. The van der Waals surface area contributed by atoms with Crippen LogP contribution in [0.5, 0.6) is 0 Å². The maximum absolute atomic E-state index is 12.7. The fraction of sp³-hybridized carbons (Fsp3) is 0.389. The molecule has 2 rings (SSSR count). The minimum atomic E-state index is -1.20. The van der Waals surface area contributed by atoms with E-state index in [4.69, 9.17) is 23.7 Å². The first-order valence-corrected chi connectivity index (χ1v) is 9.90. The van der Waals surface area contributed by atoms with Crippen LogP contribution in [0.15, 0.2) is 30.3 Å². The van der Waals surface area contributed by atoms with Crippen molar-refractivity contribution in [1.82, 2.24) is 10.2 Å². The number of hydrogen-bond donors (Lipinski definition) is 3. The van der Waals surface area contributed by atoms with Gasteiger partial charge in [-0.2, -0.15) is 0 Å². The summed E-state index contributed by atoms with van der Waals surface area (Å²) in [6.45, 7) is 2.93. The highest BCUT2D eigenvalue weighted by molar-refractivity contribution is 8.24. The summed E-state index contributed by atoms with van der Waals surface area (Å²) in [7, 11) is 0. The van der Waals surface area contributed by atoms with Gasteiger partial charge in [0.1, 0.15) is 0 Å². The molecule has 0 bridgehead atoms. The molecule has 0 aliphatic carbocycles. The molecule has 4 atom stereocenters. The molecule has 1 aliphatic rings. The molecule has 4 unspecified atom stereocenters. The zero-order valence-electron chi connectivity index (χ0n) is 15.5. The second kappa shape index (κ2) is 9.37. The highest BCUT2D eigenvalue weighted by atomic mass is 32.2. The number of thioether (sulfide) groups is 1. The smallest absolute Gasteiger partial charge is 0.256 e. The molecule has 0 spiro atoms. The number of nitrogens with one attached hydrogen (secondary N) is 1. The molecule has 1 heterocycles. The molecular formula is C18H22N4O4S2. The fourth-order valence-corrected chi connectivity index (χ4v) is 4.04. The Hall–Kier alpha value is -2.14. The van der Waals surface area contributed by atoms with Crippen molar-refractivity contribution < 1.29 is 19.2 Å². The van der Waals surface area contributed by atoms with Crippen LogP contribution in [0.25, 0.3) is 0 Å². The molecule has 1 fully saturated rings. The number of ketones is 1. The summed E-state index contributed by atoms with van der Waals surface area (Å²) in [6.07, 6.45) is 0.232. The van der Waals surface area contributed by atoms with Gasteiger partial charge in [0.15, 0.2) is 15.4 Å². The number of nitrogens with two attached hydrogens (primary N) is 2. The number of imide groups is 1. The van der Waals surface area contributed by atoms with Crippen molar-refractivity contribution in [1.29, 1.82) is 0 Å². The standard InChI is InChI=1S/C18H22N4O4S2/c1-9(19)15(24)21-10(2)13(23)14-17(26)22(18(27)28-14)16(25)12(20)8-11-6-4-3-5-7-11/h3-7,9-10,12,14H,8,19-20H2,1-2H3,(H,21,24). The SMILES string of the molecule is CC(N)C(=O)NC(C)C(=O)C1SC(=S)N(C(=O)C(N)Cc2ccccc2)C1=O. The molecule has 1 aromatic carbocycles. The summed E-state index contributed by atoms with van der Waals surface area (Å²) in [4.78, 5) is 50.3. The number of rotatable bonds is 7. The molecule has 8 nitrogen and oxygen atoms in total. The number of carbonyl (C=O) groups excluding carboxylic acids is 4. The van der Waals surface area contributed by atoms with Gasteiger partial charge in [0.05, 0.1) is 18.1 Å². The van der Waals surface area contributed by atoms with E-state index in [0.29, 0.717) is 0 Å². The minimum absolute atomic E-state index is 0.0254. The van der Waals surface area contributed by atoms with Gasteiger partial charge in [-0.1, -0.05) is 54.3 Å². The van der Waals surface area contributed by atoms with Crippen molar-refractivity contribution in [2.24, 2.45) is 11.5 Å². The van der Waals surface area contributed by atoms with E-state index < -0.39 is 46.9 Å². The number of nitrogens with zero attached hydrogens (tertiary/aromatic N) is 1. The monoisotopic (exact) mass is 422 g/mol. The van der Waals surface area contributed by atoms with Gasteiger partial charge in [0.2, 0.25) is 5.91 Å². The maximum Gasteiger partial charge on any atom is 0.256 e. The van der Waals surface area contributed by atoms with E-state index >= 15 is 0 Å². The molecule has 10 heteroatoms. The first-order chi connectivity index (χ1) is 13.1. The Bertz CT molecular complexity index is 800. The lowest BCUT2D eigenvalue weighted by atomic mass is 10.1. The molecule has 0 saturated carbocycles. The average molecular weight is 423 g/mol. The van der Waals surface area contributed by atoms with Crippen LogP contribution in [0.2, 0.25) is 0 Å². The molecule has 5 N–H and O–H groups in total. The van der Waals surface area contributed by atoms with Crippen molar-refractivity contribution in [2.75, 3.05) is 0 Å². The van der Waals surface area contributed by atoms with Gasteiger partial charge < -0.3 is 16.8 Å². The number of Topliss-reactive ketones (excluding diaryl/α,β-unsaturated/α-hetero) is 1. The van der Waals surface area contributed by atoms with Crippen LogP contribution in [-0.2, 0) is 25.6 Å². The van der Waals surface area contributed by atoms with Crippen LogP contribution in [0.1, 0.15) is 19.4 Å². The largest absolute Gasteiger partial charge is 0.345 e. The van der Waals surface area contributed by atoms with Crippen LogP contribution >= 0.6 is 24.0 Å². The van der Waals surface area contributed by atoms with Crippen molar-refractivity contribution in [3.8, 4) is 0 Å². The van der Waals surface area contributed by atoms with E-state index in [2.05, 4.69) is 5.32 Å². The Labute approximate surface area is 172 Å². The zero-order chi connectivity index (χ0) is 21.0. The number of benzene rings is 1. The Kier molecular flexibility index (Phi) is 7.41. The Morgan fingerprint density at radius 2 is 1.82 bits per heavy atom. The lowest BCUT2D eigenvalue weighted by Gasteiger charge is -2.19. The third-order valence-corrected chi connectivity index (χ3v) is 5.66. The first kappa shape index (κ1) is 22.2. The second-order valence-electron chi connectivity index (χ2n) is 6.49. The molecule has 28 heavy (non-hydrogen) atoms. The van der Waals surface area contributed by atoms with Crippen LogP contribution in [-0.4, -0.2) is 56.1 Å². The second-order valence-corrected chi connectivity index (χ2v) is 8.23. The van der Waals surface area contributed by atoms with Crippen LogP contribution in [0.3, 0.4) is 0 Å². The van der Waals surface area contributed by atoms with Crippen LogP contribution < -0.4 is 16.8 Å². The van der Waals surface area contributed by atoms with Crippen molar-refractivity contribution in [2.45, 2.75) is 43.6 Å². The highest BCUT2D eigenvalue weighted by Crippen LogP contribution is 2.29. The average Bonchev–Trinajstić information content (AvgIpc) is 2.95. The summed E-state index contributed by atoms with van der Waals surface area (Å²) < 4.78 is -0.0254. The highest BCUT2D eigenvalue weighted by Gasteiger charge is 2.46. The molecule has 1 saturated heterocycles. The number of thiocarbonyl (C=S) groups is 1. The lowest BCUT2D eigenvalue weighted by molar-refractivity contribution is -0.141. The van der Waals surface area contributed by atoms with Gasteiger partial charge in [0, 0.05) is 0 Å². The van der Waals surface area contributed by atoms with E-state index in [1.54, 1.807) is 0 Å². The van der Waals surface area contributed by atoms with Crippen LogP contribution in [0.4, 0.5) is 0 Å². The Morgan fingerprint density at radius 3 is 2.39 bits per heavy atom. The van der Waals surface area contributed by atoms with E-state index in [0.717, 1.165) is 22.2 Å². The Morgan fingerprint density at radius 1 is 1.21 bits per heavy atom. The van der Waals surface area contributed by atoms with E-state index in [1.807, 2.05) is 30.3 Å². The summed E-state index contributed by atoms with van der Waals surface area (Å²) in [6, 6.07) is 6.40. The summed E-state index contributed by atoms with van der Waals surface area (Å²) in [5.41, 5.74) is 12.3. The fourth-order valence-electron chi connectivity index (χ4n) is 2.55. The lowest BCUT2D eigenvalue weighted by Crippen LogP contribution is -2.51. The van der Waals surface area contributed by atoms with Gasteiger partial charge in [0.25, 0.3) is 11.8 Å².